The van der Waals surface area contributed by atoms with Crippen molar-refractivity contribution in [3.63, 3.8) is 0 Å². The van der Waals surface area contributed by atoms with Crippen molar-refractivity contribution in [2.75, 3.05) is 20.1 Å². The topological polar surface area (TPSA) is 58.2 Å². The third-order valence-corrected chi connectivity index (χ3v) is 4.83. The van der Waals surface area contributed by atoms with Crippen LogP contribution in [0.5, 0.6) is 0 Å². The molecule has 8 heteroatoms. The SMILES string of the molecule is CNCCCNS(=O)(=O)c1cc(Cl)c(Br)cc1F. The van der Waals surface area contributed by atoms with E-state index < -0.39 is 20.7 Å². The van der Waals surface area contributed by atoms with E-state index in [1.807, 2.05) is 0 Å². The molecule has 1 aromatic carbocycles. The average molecular weight is 360 g/mol. The fourth-order valence-electron chi connectivity index (χ4n) is 1.26. The number of rotatable bonds is 6. The highest BCUT2D eigenvalue weighted by molar-refractivity contribution is 9.10. The molecule has 18 heavy (non-hydrogen) atoms. The lowest BCUT2D eigenvalue weighted by atomic mass is 10.3. The Morgan fingerprint density at radius 2 is 2.06 bits per heavy atom. The number of halogens is 3. The lowest BCUT2D eigenvalue weighted by Crippen LogP contribution is -2.27. The highest BCUT2D eigenvalue weighted by Gasteiger charge is 2.20. The molecule has 0 amide bonds. The van der Waals surface area contributed by atoms with Gasteiger partial charge in [0.25, 0.3) is 0 Å². The lowest BCUT2D eigenvalue weighted by Gasteiger charge is -2.08. The first-order valence-corrected chi connectivity index (χ1v) is 7.82. The Balaban J connectivity index is 2.88. The minimum Gasteiger partial charge on any atom is -0.320 e. The summed E-state index contributed by atoms with van der Waals surface area (Å²) in [5, 5.41) is 3.03. The quantitative estimate of drug-likeness (QED) is 0.604. The van der Waals surface area contributed by atoms with Gasteiger partial charge in [0.15, 0.2) is 0 Å². The van der Waals surface area contributed by atoms with Crippen molar-refractivity contribution in [3.05, 3.63) is 27.4 Å². The molecule has 0 fully saturated rings. The zero-order chi connectivity index (χ0) is 13.8. The summed E-state index contributed by atoms with van der Waals surface area (Å²) in [5.74, 6) is -0.840. The van der Waals surface area contributed by atoms with Crippen LogP contribution in [-0.2, 0) is 10.0 Å². The molecule has 1 aromatic rings. The number of nitrogens with one attached hydrogen (secondary N) is 2. The van der Waals surface area contributed by atoms with Crippen molar-refractivity contribution in [2.45, 2.75) is 11.3 Å². The van der Waals surface area contributed by atoms with E-state index in [2.05, 4.69) is 26.0 Å². The van der Waals surface area contributed by atoms with E-state index in [9.17, 15) is 12.8 Å². The van der Waals surface area contributed by atoms with Crippen molar-refractivity contribution >= 4 is 37.6 Å². The molecule has 0 heterocycles. The second-order valence-electron chi connectivity index (χ2n) is 3.55. The van der Waals surface area contributed by atoms with Crippen LogP contribution in [0.15, 0.2) is 21.5 Å². The highest BCUT2D eigenvalue weighted by Crippen LogP contribution is 2.27. The zero-order valence-corrected chi connectivity index (χ0v) is 12.8. The molecule has 102 valence electrons. The van der Waals surface area contributed by atoms with Gasteiger partial charge in [-0.2, -0.15) is 0 Å². The van der Waals surface area contributed by atoms with Gasteiger partial charge in [0, 0.05) is 11.0 Å². The summed E-state index contributed by atoms with van der Waals surface area (Å²) in [5.41, 5.74) is 0. The van der Waals surface area contributed by atoms with Gasteiger partial charge in [-0.05, 0) is 48.1 Å². The largest absolute Gasteiger partial charge is 0.320 e. The number of benzene rings is 1. The van der Waals surface area contributed by atoms with E-state index in [1.165, 1.54) is 0 Å². The molecule has 0 radical (unpaired) electrons. The summed E-state index contributed by atoms with van der Waals surface area (Å²) in [4.78, 5) is -0.444. The van der Waals surface area contributed by atoms with Crippen LogP contribution in [0.3, 0.4) is 0 Å². The Bertz CT molecular complexity index is 525. The Labute approximate surface area is 119 Å². The second-order valence-corrected chi connectivity index (χ2v) is 6.55. The van der Waals surface area contributed by atoms with Gasteiger partial charge in [-0.3, -0.25) is 0 Å². The van der Waals surface area contributed by atoms with Gasteiger partial charge in [-0.15, -0.1) is 0 Å². The fraction of sp³-hybridized carbons (Fsp3) is 0.400. The third kappa shape index (κ3) is 4.17. The number of hydrogen-bond donors (Lipinski definition) is 2. The molecule has 1 rings (SSSR count). The van der Waals surface area contributed by atoms with Gasteiger partial charge < -0.3 is 5.32 Å². The molecule has 0 saturated carbocycles. The van der Waals surface area contributed by atoms with E-state index >= 15 is 0 Å². The standard InChI is InChI=1S/C10H13BrClFN2O2S/c1-14-3-2-4-15-18(16,17)10-6-8(12)7(11)5-9(10)13/h5-6,14-15H,2-4H2,1H3. The molecule has 4 nitrogen and oxygen atoms in total. The van der Waals surface area contributed by atoms with Crippen LogP contribution in [0.1, 0.15) is 6.42 Å². The Morgan fingerprint density at radius 1 is 1.39 bits per heavy atom. The molecule has 0 saturated heterocycles. The van der Waals surface area contributed by atoms with Gasteiger partial charge in [-0.25, -0.2) is 17.5 Å². The smallest absolute Gasteiger partial charge is 0.243 e. The van der Waals surface area contributed by atoms with Crippen LogP contribution in [0.25, 0.3) is 0 Å². The van der Waals surface area contributed by atoms with Crippen molar-refractivity contribution in [2.24, 2.45) is 0 Å². The van der Waals surface area contributed by atoms with Gasteiger partial charge >= 0.3 is 0 Å². The summed E-state index contributed by atoms with van der Waals surface area (Å²) in [6, 6.07) is 2.12. The van der Waals surface area contributed by atoms with Gasteiger partial charge in [0.1, 0.15) is 10.7 Å². The maximum absolute atomic E-state index is 13.6. The fourth-order valence-corrected chi connectivity index (χ4v) is 2.96. The van der Waals surface area contributed by atoms with Crippen LogP contribution in [0.2, 0.25) is 5.02 Å². The van der Waals surface area contributed by atoms with Gasteiger partial charge in [0.2, 0.25) is 10.0 Å². The number of sulfonamides is 1. The molecule has 0 atom stereocenters. The minimum atomic E-state index is -3.87. The van der Waals surface area contributed by atoms with Crippen LogP contribution < -0.4 is 10.0 Å². The van der Waals surface area contributed by atoms with E-state index in [0.29, 0.717) is 17.4 Å². The molecule has 0 unspecified atom stereocenters. The first kappa shape index (κ1) is 15.8. The monoisotopic (exact) mass is 358 g/mol. The van der Waals surface area contributed by atoms with Crippen LogP contribution in [0.4, 0.5) is 4.39 Å². The third-order valence-electron chi connectivity index (χ3n) is 2.16. The van der Waals surface area contributed by atoms with Gasteiger partial charge in [0.05, 0.1) is 5.02 Å². The molecule has 0 aliphatic rings. The Morgan fingerprint density at radius 3 is 2.67 bits per heavy atom. The summed E-state index contributed by atoms with van der Waals surface area (Å²) in [7, 11) is -2.10. The molecule has 0 aliphatic heterocycles. The Hall–Kier alpha value is -0.210. The van der Waals surface area contributed by atoms with Crippen molar-refractivity contribution in [3.8, 4) is 0 Å². The summed E-state index contributed by atoms with van der Waals surface area (Å²) in [6.45, 7) is 0.905. The van der Waals surface area contributed by atoms with Crippen LogP contribution in [-0.4, -0.2) is 28.6 Å². The maximum Gasteiger partial charge on any atom is 0.243 e. The zero-order valence-electron chi connectivity index (χ0n) is 9.63. The lowest BCUT2D eigenvalue weighted by molar-refractivity contribution is 0.554. The molecule has 2 N–H and O–H groups in total. The molecular formula is C10H13BrClFN2O2S. The summed E-state index contributed by atoms with van der Waals surface area (Å²) >= 11 is 8.78. The van der Waals surface area contributed by atoms with E-state index in [-0.39, 0.29) is 11.6 Å². The number of hydrogen-bond acceptors (Lipinski definition) is 3. The average Bonchev–Trinajstić information content (AvgIpc) is 2.29. The van der Waals surface area contributed by atoms with Crippen molar-refractivity contribution < 1.29 is 12.8 Å². The Kier molecular flexibility index (Phi) is 6.00. The molecular weight excluding hydrogens is 347 g/mol. The van der Waals surface area contributed by atoms with Crippen LogP contribution >= 0.6 is 27.5 Å². The van der Waals surface area contributed by atoms with Crippen LogP contribution in [0, 0.1) is 5.82 Å². The first-order valence-electron chi connectivity index (χ1n) is 5.17. The predicted octanol–water partition coefficient (Wildman–Crippen LogP) is 2.13. The van der Waals surface area contributed by atoms with E-state index in [4.69, 9.17) is 11.6 Å². The minimum absolute atomic E-state index is 0.145. The van der Waals surface area contributed by atoms with E-state index in [0.717, 1.165) is 12.1 Å². The highest BCUT2D eigenvalue weighted by atomic mass is 79.9. The normalized spacial score (nSPS) is 11.8. The molecule has 0 spiro atoms. The van der Waals surface area contributed by atoms with Crippen molar-refractivity contribution in [1.29, 1.82) is 0 Å². The molecule has 0 aromatic heterocycles. The summed E-state index contributed by atoms with van der Waals surface area (Å²) in [6.07, 6.45) is 0.613. The second kappa shape index (κ2) is 6.81. The van der Waals surface area contributed by atoms with Gasteiger partial charge in [-0.1, -0.05) is 11.6 Å². The van der Waals surface area contributed by atoms with Crippen molar-refractivity contribution in [1.82, 2.24) is 10.0 Å². The van der Waals surface area contributed by atoms with E-state index in [1.54, 1.807) is 7.05 Å². The maximum atomic E-state index is 13.6. The first-order chi connectivity index (χ1) is 8.38. The predicted molar refractivity (Wildman–Crippen MR) is 72.8 cm³/mol. The molecule has 0 aliphatic carbocycles. The molecule has 0 bridgehead atoms. The summed E-state index contributed by atoms with van der Waals surface area (Å²) < 4.78 is 39.9.